The van der Waals surface area contributed by atoms with E-state index in [1.165, 1.54) is 18.3 Å². The lowest BCUT2D eigenvalue weighted by atomic mass is 9.99. The largest absolute Gasteiger partial charge is 0.370 e. The Morgan fingerprint density at radius 2 is 1.21 bits per heavy atom. The Hall–Kier alpha value is -5.63. The summed E-state index contributed by atoms with van der Waals surface area (Å²) in [6.07, 6.45) is 1.18. The van der Waals surface area contributed by atoms with Crippen LogP contribution >= 0.6 is 11.3 Å². The summed E-state index contributed by atoms with van der Waals surface area (Å²) in [4.78, 5) is 76.3. The molecule has 0 aliphatic carbocycles. The van der Waals surface area contributed by atoms with Crippen LogP contribution in [0.2, 0.25) is 0 Å². The highest BCUT2D eigenvalue weighted by Gasteiger charge is 2.32. The van der Waals surface area contributed by atoms with Crippen molar-refractivity contribution < 1.29 is 24.0 Å². The number of carbonyl (C=O) groups excluding carboxylic acids is 5. The van der Waals surface area contributed by atoms with Gasteiger partial charge in [-0.15, -0.1) is 11.3 Å². The molecule has 3 aromatic carbocycles. The van der Waals surface area contributed by atoms with Crippen LogP contribution in [0.15, 0.2) is 89.9 Å². The SMILES string of the molecule is CC(=O)N[C@@H](Cc1ccccc1)C(=O)N[C@@H](CC(C)C)C(=O)N[C@@H](Cc1ccccc1)C(=O)N[C@@H](CCCN=C(N)N)C(=O)c1nc2ccccc2s1. The van der Waals surface area contributed by atoms with Crippen LogP contribution in [0.1, 0.15) is 61.0 Å². The van der Waals surface area contributed by atoms with E-state index in [1.807, 2.05) is 98.8 Å². The number of nitrogens with zero attached hydrogens (tertiary/aromatic N) is 2. The van der Waals surface area contributed by atoms with Crippen LogP contribution < -0.4 is 32.7 Å². The van der Waals surface area contributed by atoms with Crippen molar-refractivity contribution in [2.45, 2.75) is 77.0 Å². The first-order valence-corrected chi connectivity index (χ1v) is 18.4. The van der Waals surface area contributed by atoms with Crippen LogP contribution in [0.4, 0.5) is 0 Å². The number of nitrogens with one attached hydrogen (secondary N) is 4. The predicted octanol–water partition coefficient (Wildman–Crippen LogP) is 3.02. The third-order valence-electron chi connectivity index (χ3n) is 8.32. The van der Waals surface area contributed by atoms with Gasteiger partial charge in [0, 0.05) is 26.3 Å². The second-order valence-electron chi connectivity index (χ2n) is 13.2. The van der Waals surface area contributed by atoms with Crippen LogP contribution in [-0.2, 0) is 32.0 Å². The first kappa shape index (κ1) is 40.1. The molecule has 1 heterocycles. The Morgan fingerprint density at radius 1 is 0.698 bits per heavy atom. The molecule has 14 heteroatoms. The number of thiazole rings is 1. The summed E-state index contributed by atoms with van der Waals surface area (Å²) in [5.74, 6) is -2.55. The molecule has 0 unspecified atom stereocenters. The van der Waals surface area contributed by atoms with Crippen LogP contribution in [0.5, 0.6) is 0 Å². The molecule has 280 valence electrons. The Morgan fingerprint density at radius 3 is 1.75 bits per heavy atom. The van der Waals surface area contributed by atoms with Crippen molar-refractivity contribution in [1.82, 2.24) is 26.3 Å². The number of guanidine groups is 1. The van der Waals surface area contributed by atoms with Crippen molar-refractivity contribution in [1.29, 1.82) is 0 Å². The molecule has 1 aromatic heterocycles. The minimum absolute atomic E-state index is 0.0122. The van der Waals surface area contributed by atoms with E-state index in [-0.39, 0.29) is 54.9 Å². The fourth-order valence-corrected chi connectivity index (χ4v) is 6.74. The van der Waals surface area contributed by atoms with Crippen LogP contribution in [0.3, 0.4) is 0 Å². The minimum Gasteiger partial charge on any atom is -0.370 e. The summed E-state index contributed by atoms with van der Waals surface area (Å²) in [6, 6.07) is 21.7. The van der Waals surface area contributed by atoms with Crippen molar-refractivity contribution in [2.24, 2.45) is 22.4 Å². The molecule has 8 N–H and O–H groups in total. The zero-order valence-corrected chi connectivity index (χ0v) is 31.0. The summed E-state index contributed by atoms with van der Waals surface area (Å²) in [5.41, 5.74) is 13.3. The van der Waals surface area contributed by atoms with Gasteiger partial charge in [-0.05, 0) is 48.4 Å². The van der Waals surface area contributed by atoms with Gasteiger partial charge in [0.15, 0.2) is 11.0 Å². The number of ketones is 1. The fraction of sp³-hybridized carbons (Fsp3) is 0.359. The molecule has 0 aliphatic heterocycles. The van der Waals surface area contributed by atoms with Gasteiger partial charge in [0.05, 0.1) is 16.3 Å². The number of fused-ring (bicyclic) bond motifs is 1. The summed E-state index contributed by atoms with van der Waals surface area (Å²) >= 11 is 1.23. The minimum atomic E-state index is -1.12. The summed E-state index contributed by atoms with van der Waals surface area (Å²) < 4.78 is 0.832. The van der Waals surface area contributed by atoms with E-state index in [9.17, 15) is 24.0 Å². The number of carbonyl (C=O) groups is 5. The zero-order chi connectivity index (χ0) is 38.3. The number of hydrogen-bond donors (Lipinski definition) is 6. The van der Waals surface area contributed by atoms with E-state index >= 15 is 0 Å². The van der Waals surface area contributed by atoms with Gasteiger partial charge in [0.2, 0.25) is 29.4 Å². The average Bonchev–Trinajstić information content (AvgIpc) is 3.56. The molecule has 0 spiro atoms. The number of aliphatic imine (C=N–C) groups is 1. The Balaban J connectivity index is 1.58. The average molecular weight is 741 g/mol. The van der Waals surface area contributed by atoms with E-state index in [2.05, 4.69) is 31.2 Å². The van der Waals surface area contributed by atoms with E-state index in [1.54, 1.807) is 0 Å². The van der Waals surface area contributed by atoms with E-state index in [4.69, 9.17) is 11.5 Å². The van der Waals surface area contributed by atoms with Gasteiger partial charge >= 0.3 is 0 Å². The smallest absolute Gasteiger partial charge is 0.243 e. The fourth-order valence-electron chi connectivity index (χ4n) is 5.78. The van der Waals surface area contributed by atoms with Crippen LogP contribution in [-0.4, -0.2) is 71.1 Å². The molecule has 4 rings (SSSR count). The van der Waals surface area contributed by atoms with Gasteiger partial charge in [-0.25, -0.2) is 4.98 Å². The predicted molar refractivity (Wildman–Crippen MR) is 207 cm³/mol. The van der Waals surface area contributed by atoms with E-state index < -0.39 is 47.8 Å². The molecule has 0 fully saturated rings. The van der Waals surface area contributed by atoms with Crippen LogP contribution in [0, 0.1) is 5.92 Å². The highest BCUT2D eigenvalue weighted by Crippen LogP contribution is 2.23. The van der Waals surface area contributed by atoms with Crippen molar-refractivity contribution >= 4 is 56.9 Å². The molecule has 0 aliphatic rings. The van der Waals surface area contributed by atoms with Gasteiger partial charge in [-0.2, -0.15) is 0 Å². The number of rotatable bonds is 19. The first-order chi connectivity index (χ1) is 25.4. The van der Waals surface area contributed by atoms with Gasteiger partial charge in [0.25, 0.3) is 0 Å². The lowest BCUT2D eigenvalue weighted by Gasteiger charge is -2.27. The van der Waals surface area contributed by atoms with Gasteiger partial charge < -0.3 is 32.7 Å². The molecule has 0 saturated heterocycles. The zero-order valence-electron chi connectivity index (χ0n) is 30.2. The van der Waals surface area contributed by atoms with E-state index in [0.29, 0.717) is 11.9 Å². The van der Waals surface area contributed by atoms with Crippen molar-refractivity contribution in [2.75, 3.05) is 6.54 Å². The van der Waals surface area contributed by atoms with Crippen molar-refractivity contribution in [3.8, 4) is 0 Å². The maximum Gasteiger partial charge on any atom is 0.243 e. The number of aromatic nitrogens is 1. The van der Waals surface area contributed by atoms with Gasteiger partial charge in [-0.1, -0.05) is 86.6 Å². The Labute approximate surface area is 313 Å². The molecule has 0 bridgehead atoms. The number of benzene rings is 3. The molecule has 4 amide bonds. The highest BCUT2D eigenvalue weighted by molar-refractivity contribution is 7.20. The van der Waals surface area contributed by atoms with E-state index in [0.717, 1.165) is 15.8 Å². The Kier molecular flexibility index (Phi) is 15.0. The third-order valence-corrected chi connectivity index (χ3v) is 9.37. The normalized spacial score (nSPS) is 13.3. The summed E-state index contributed by atoms with van der Waals surface area (Å²) in [5, 5.41) is 11.5. The molecule has 0 radical (unpaired) electrons. The first-order valence-electron chi connectivity index (χ1n) is 17.6. The van der Waals surface area contributed by atoms with Crippen molar-refractivity contribution in [3.05, 3.63) is 101 Å². The standard InChI is InChI=1S/C39H48N8O5S/c1-24(2)21-30(45-36(51)31(43-25(3)48)22-26-13-6-4-7-14-26)35(50)46-32(23-27-15-8-5-9-16-27)37(52)44-29(18-12-20-42-39(40)41)34(49)38-47-28-17-10-11-19-33(28)53-38/h4-11,13-17,19,24,29-32H,12,18,20-23H2,1-3H3,(H,43,48)(H,44,52)(H,45,51)(H,46,50)(H4,40,41,42)/t29-,30-,31-,32-/m0/s1. The molecular weight excluding hydrogens is 693 g/mol. The molecular formula is C39H48N8O5S. The topological polar surface area (TPSA) is 211 Å². The molecule has 13 nitrogen and oxygen atoms in total. The second kappa shape index (κ2) is 19.8. The van der Waals surface area contributed by atoms with Gasteiger partial charge in [-0.3, -0.25) is 29.0 Å². The maximum absolute atomic E-state index is 14.1. The molecule has 4 atom stereocenters. The quantitative estimate of drug-likeness (QED) is 0.0363. The number of Topliss-reactive ketones (excluding diaryl/α,β-unsaturated/α-hetero) is 1. The summed E-state index contributed by atoms with van der Waals surface area (Å²) in [6.45, 7) is 5.39. The maximum atomic E-state index is 14.1. The summed E-state index contributed by atoms with van der Waals surface area (Å²) in [7, 11) is 0. The lowest BCUT2D eigenvalue weighted by Crippen LogP contribution is -2.58. The Bertz CT molecular complexity index is 1850. The second-order valence-corrected chi connectivity index (χ2v) is 14.3. The lowest BCUT2D eigenvalue weighted by molar-refractivity contribution is -0.133. The monoisotopic (exact) mass is 740 g/mol. The number of hydrogen-bond acceptors (Lipinski definition) is 8. The third kappa shape index (κ3) is 12.8. The number of para-hydroxylation sites is 1. The molecule has 4 aromatic rings. The van der Waals surface area contributed by atoms with Gasteiger partial charge in [0.1, 0.15) is 18.1 Å². The van der Waals surface area contributed by atoms with Crippen LogP contribution in [0.25, 0.3) is 10.2 Å². The molecule has 53 heavy (non-hydrogen) atoms. The highest BCUT2D eigenvalue weighted by atomic mass is 32.1. The number of nitrogens with two attached hydrogens (primary N) is 2. The molecule has 0 saturated carbocycles. The number of amides is 4. The van der Waals surface area contributed by atoms with Crippen molar-refractivity contribution in [3.63, 3.8) is 0 Å².